The fraction of sp³-hybridized carbons (Fsp3) is 0.0833. The monoisotopic (exact) mass is 365 g/mol. The summed E-state index contributed by atoms with van der Waals surface area (Å²) in [5.74, 6) is -0.0766. The number of thiazole rings is 1. The van der Waals surface area contributed by atoms with Crippen LogP contribution < -0.4 is 10.0 Å². The van der Waals surface area contributed by atoms with Crippen molar-refractivity contribution < 1.29 is 13.2 Å². The van der Waals surface area contributed by atoms with Crippen LogP contribution in [0.3, 0.4) is 0 Å². The number of sulfonamides is 1. The van der Waals surface area contributed by atoms with E-state index in [-0.39, 0.29) is 28.2 Å². The van der Waals surface area contributed by atoms with Crippen molar-refractivity contribution in [1.82, 2.24) is 25.6 Å². The summed E-state index contributed by atoms with van der Waals surface area (Å²) in [6, 6.07) is 5.76. The normalized spacial score (nSPS) is 11.2. The van der Waals surface area contributed by atoms with Crippen LogP contribution in [0.1, 0.15) is 5.82 Å². The Bertz CT molecular complexity index is 906. The molecule has 12 heteroatoms. The van der Waals surface area contributed by atoms with Crippen molar-refractivity contribution in [3.8, 4) is 0 Å². The highest BCUT2D eigenvalue weighted by Crippen LogP contribution is 2.19. The minimum absolute atomic E-state index is 0.0395. The fourth-order valence-electron chi connectivity index (χ4n) is 1.77. The van der Waals surface area contributed by atoms with E-state index in [4.69, 9.17) is 0 Å². The average molecular weight is 365 g/mol. The highest BCUT2D eigenvalue weighted by molar-refractivity contribution is 7.93. The Morgan fingerprint density at radius 2 is 2.04 bits per heavy atom. The number of amides is 1. The summed E-state index contributed by atoms with van der Waals surface area (Å²) in [6.07, 6.45) is 1.47. The molecule has 0 radical (unpaired) electrons. The van der Waals surface area contributed by atoms with Gasteiger partial charge in [0.25, 0.3) is 10.0 Å². The summed E-state index contributed by atoms with van der Waals surface area (Å²) in [5.41, 5.74) is 0.455. The molecule has 0 unspecified atom stereocenters. The number of H-pyrrole nitrogens is 1. The molecule has 3 N–H and O–H groups in total. The number of hydrogen-bond acceptors (Lipinski definition) is 8. The molecule has 0 atom stereocenters. The Labute approximate surface area is 140 Å². The molecule has 3 rings (SSSR count). The molecule has 0 saturated carbocycles. The summed E-state index contributed by atoms with van der Waals surface area (Å²) in [6.45, 7) is 0. The number of tetrazole rings is 1. The van der Waals surface area contributed by atoms with Crippen LogP contribution in [0.4, 0.5) is 10.8 Å². The number of carbonyl (C=O) groups excluding carboxylic acids is 1. The average Bonchev–Trinajstić information content (AvgIpc) is 3.21. The summed E-state index contributed by atoms with van der Waals surface area (Å²) in [5, 5.41) is 17.5. The van der Waals surface area contributed by atoms with Gasteiger partial charge >= 0.3 is 0 Å². The molecular formula is C12H11N7O3S2. The number of aromatic amines is 1. The van der Waals surface area contributed by atoms with Gasteiger partial charge in [-0.25, -0.2) is 13.4 Å². The fourth-order valence-corrected chi connectivity index (χ4v) is 3.56. The number of aromatic nitrogens is 5. The lowest BCUT2D eigenvalue weighted by atomic mass is 10.3. The smallest absolute Gasteiger partial charge is 0.263 e. The lowest BCUT2D eigenvalue weighted by Gasteiger charge is -2.07. The van der Waals surface area contributed by atoms with Gasteiger partial charge in [-0.1, -0.05) is 5.21 Å². The standard InChI is InChI=1S/C12H11N7O3S2/c20-11(7-10-15-18-19-16-10)14-8-1-3-9(4-2-8)24(21,22)17-12-13-5-6-23-12/h1-6H,7H2,(H,13,17)(H,14,20)(H,15,16,18,19). The van der Waals surface area contributed by atoms with E-state index in [1.54, 1.807) is 5.38 Å². The van der Waals surface area contributed by atoms with Crippen LogP contribution in [-0.4, -0.2) is 39.9 Å². The molecule has 0 saturated heterocycles. The molecule has 2 heterocycles. The first-order chi connectivity index (χ1) is 11.5. The van der Waals surface area contributed by atoms with Gasteiger partial charge in [0.05, 0.1) is 11.3 Å². The van der Waals surface area contributed by atoms with Gasteiger partial charge in [-0.05, 0) is 24.3 Å². The lowest BCUT2D eigenvalue weighted by molar-refractivity contribution is -0.115. The third-order valence-electron chi connectivity index (χ3n) is 2.81. The van der Waals surface area contributed by atoms with Crippen molar-refractivity contribution in [2.75, 3.05) is 10.0 Å². The first-order valence-corrected chi connectivity index (χ1v) is 8.94. The summed E-state index contributed by atoms with van der Waals surface area (Å²) in [7, 11) is -3.72. The number of nitrogens with one attached hydrogen (secondary N) is 3. The number of nitrogens with zero attached hydrogens (tertiary/aromatic N) is 4. The zero-order valence-electron chi connectivity index (χ0n) is 12.0. The van der Waals surface area contributed by atoms with Gasteiger partial charge in [0.15, 0.2) is 11.0 Å². The molecule has 0 aliphatic rings. The number of carbonyl (C=O) groups is 1. The molecular weight excluding hydrogens is 354 g/mol. The Morgan fingerprint density at radius 1 is 1.25 bits per heavy atom. The quantitative estimate of drug-likeness (QED) is 0.581. The highest BCUT2D eigenvalue weighted by Gasteiger charge is 2.15. The minimum Gasteiger partial charge on any atom is -0.326 e. The summed E-state index contributed by atoms with van der Waals surface area (Å²) in [4.78, 5) is 15.7. The Balaban J connectivity index is 1.65. The maximum Gasteiger partial charge on any atom is 0.263 e. The van der Waals surface area contributed by atoms with Crippen molar-refractivity contribution in [2.24, 2.45) is 0 Å². The molecule has 24 heavy (non-hydrogen) atoms. The Kier molecular flexibility index (Phi) is 4.48. The van der Waals surface area contributed by atoms with Gasteiger partial charge in [-0.3, -0.25) is 9.52 Å². The summed E-state index contributed by atoms with van der Waals surface area (Å²) < 4.78 is 26.7. The Morgan fingerprint density at radius 3 is 2.67 bits per heavy atom. The predicted molar refractivity (Wildman–Crippen MR) is 85.9 cm³/mol. The maximum atomic E-state index is 12.2. The van der Waals surface area contributed by atoms with Gasteiger partial charge < -0.3 is 5.32 Å². The zero-order valence-corrected chi connectivity index (χ0v) is 13.6. The van der Waals surface area contributed by atoms with Crippen molar-refractivity contribution in [1.29, 1.82) is 0 Å². The second-order valence-electron chi connectivity index (χ2n) is 4.52. The third kappa shape index (κ3) is 3.91. The number of rotatable bonds is 6. The maximum absolute atomic E-state index is 12.2. The van der Waals surface area contributed by atoms with Gasteiger partial charge in [-0.15, -0.1) is 21.5 Å². The van der Waals surface area contributed by atoms with E-state index in [0.717, 1.165) is 0 Å². The molecule has 2 aromatic heterocycles. The lowest BCUT2D eigenvalue weighted by Crippen LogP contribution is -2.16. The highest BCUT2D eigenvalue weighted by atomic mass is 32.2. The van der Waals surface area contributed by atoms with E-state index in [9.17, 15) is 13.2 Å². The largest absolute Gasteiger partial charge is 0.326 e. The second kappa shape index (κ2) is 6.72. The van der Waals surface area contributed by atoms with Crippen LogP contribution >= 0.6 is 11.3 Å². The number of anilines is 2. The van der Waals surface area contributed by atoms with Gasteiger partial charge in [0.2, 0.25) is 5.91 Å². The molecule has 1 amide bonds. The van der Waals surface area contributed by atoms with Crippen LogP contribution in [0.25, 0.3) is 0 Å². The third-order valence-corrected chi connectivity index (χ3v) is 4.98. The van der Waals surface area contributed by atoms with E-state index < -0.39 is 10.0 Å². The number of benzene rings is 1. The van der Waals surface area contributed by atoms with Crippen molar-refractivity contribution >= 4 is 38.1 Å². The molecule has 10 nitrogen and oxygen atoms in total. The molecule has 0 spiro atoms. The van der Waals surface area contributed by atoms with Crippen LogP contribution in [0.15, 0.2) is 40.7 Å². The van der Waals surface area contributed by atoms with Gasteiger partial charge in [-0.2, -0.15) is 5.21 Å². The first kappa shape index (κ1) is 16.0. The SMILES string of the molecule is O=C(Cc1nn[nH]n1)Nc1ccc(S(=O)(=O)Nc2nccs2)cc1. The number of hydrogen-bond donors (Lipinski definition) is 3. The second-order valence-corrected chi connectivity index (χ2v) is 7.10. The predicted octanol–water partition coefficient (Wildman–Crippen LogP) is 0.638. The van der Waals surface area contributed by atoms with E-state index >= 15 is 0 Å². The van der Waals surface area contributed by atoms with E-state index in [1.807, 2.05) is 0 Å². The topological polar surface area (TPSA) is 143 Å². The van der Waals surface area contributed by atoms with Gasteiger partial charge in [0, 0.05) is 17.3 Å². The van der Waals surface area contributed by atoms with Gasteiger partial charge in [0.1, 0.15) is 0 Å². The molecule has 124 valence electrons. The molecule has 0 aliphatic carbocycles. The molecule has 0 bridgehead atoms. The van der Waals surface area contributed by atoms with Crippen LogP contribution in [0, 0.1) is 0 Å². The zero-order chi connectivity index (χ0) is 17.0. The van der Waals surface area contributed by atoms with Crippen LogP contribution in [0.5, 0.6) is 0 Å². The minimum atomic E-state index is -3.72. The molecule has 0 aliphatic heterocycles. The van der Waals surface area contributed by atoms with Crippen molar-refractivity contribution in [2.45, 2.75) is 11.3 Å². The van der Waals surface area contributed by atoms with E-state index in [1.165, 1.54) is 41.8 Å². The molecule has 0 fully saturated rings. The summed E-state index contributed by atoms with van der Waals surface area (Å²) >= 11 is 1.18. The Hall–Kier alpha value is -2.86. The van der Waals surface area contributed by atoms with Crippen LogP contribution in [0.2, 0.25) is 0 Å². The first-order valence-electron chi connectivity index (χ1n) is 6.57. The van der Waals surface area contributed by atoms with Crippen molar-refractivity contribution in [3.63, 3.8) is 0 Å². The van der Waals surface area contributed by atoms with E-state index in [2.05, 4.69) is 35.6 Å². The molecule has 1 aromatic carbocycles. The van der Waals surface area contributed by atoms with Crippen LogP contribution in [-0.2, 0) is 21.2 Å². The molecule has 3 aromatic rings. The van der Waals surface area contributed by atoms with E-state index in [0.29, 0.717) is 5.69 Å². The van der Waals surface area contributed by atoms with Crippen molar-refractivity contribution in [3.05, 3.63) is 41.7 Å².